The van der Waals surface area contributed by atoms with Gasteiger partial charge in [-0.1, -0.05) is 5.16 Å². The van der Waals surface area contributed by atoms with E-state index in [1.807, 2.05) is 6.92 Å². The number of rotatable bonds is 1. The lowest BCUT2D eigenvalue weighted by Gasteiger charge is -2.55. The second kappa shape index (κ2) is 6.61. The topological polar surface area (TPSA) is 142 Å². The van der Waals surface area contributed by atoms with Gasteiger partial charge in [0.25, 0.3) is 0 Å². The molecule has 11 nitrogen and oxygen atoms in total. The first-order valence-corrected chi connectivity index (χ1v) is 10.5. The van der Waals surface area contributed by atoms with Crippen molar-refractivity contribution in [2.75, 3.05) is 11.4 Å². The molecule has 3 aliphatic rings. The minimum Gasteiger partial charge on any atom is -0.372 e. The zero-order valence-electron chi connectivity index (χ0n) is 17.6. The zero-order valence-corrected chi connectivity index (χ0v) is 17.6. The van der Waals surface area contributed by atoms with Crippen molar-refractivity contribution >= 4 is 34.5 Å². The van der Waals surface area contributed by atoms with Crippen molar-refractivity contribution in [1.29, 1.82) is 0 Å². The van der Waals surface area contributed by atoms with E-state index >= 15 is 4.39 Å². The van der Waals surface area contributed by atoms with Crippen molar-refractivity contribution in [3.63, 3.8) is 0 Å². The molecule has 0 radical (unpaired) electrons. The van der Waals surface area contributed by atoms with Gasteiger partial charge in [0.2, 0.25) is 17.4 Å². The van der Waals surface area contributed by atoms with Gasteiger partial charge in [-0.3, -0.25) is 25.3 Å². The number of fused-ring (bicyclic) bond motifs is 5. The number of nitrogens with one attached hydrogen (secondary N) is 3. The number of benzene rings is 1. The third-order valence-electron chi connectivity index (χ3n) is 6.74. The summed E-state index contributed by atoms with van der Waals surface area (Å²) in [7, 11) is 0. The molecule has 3 aliphatic heterocycles. The Labute approximate surface area is 185 Å². The summed E-state index contributed by atoms with van der Waals surface area (Å²) >= 11 is 0. The number of halogens is 1. The van der Waals surface area contributed by atoms with Crippen LogP contribution in [0.1, 0.15) is 19.4 Å². The van der Waals surface area contributed by atoms with Crippen LogP contribution in [0.5, 0.6) is 0 Å². The van der Waals surface area contributed by atoms with Crippen molar-refractivity contribution in [1.82, 2.24) is 26.0 Å². The highest BCUT2D eigenvalue weighted by molar-refractivity contribution is 6.20. The zero-order chi connectivity index (χ0) is 23.1. The Hall–Kier alpha value is -3.80. The van der Waals surface area contributed by atoms with E-state index in [1.165, 1.54) is 6.20 Å². The smallest absolute Gasteiger partial charge is 0.328 e. The summed E-state index contributed by atoms with van der Waals surface area (Å²) in [5, 5.41) is 15.4. The molecule has 3 N–H and O–H groups in total. The highest BCUT2D eigenvalue weighted by atomic mass is 19.1. The molecule has 2 aromatic heterocycles. The van der Waals surface area contributed by atoms with Gasteiger partial charge in [-0.05, 0) is 25.5 Å². The second-order valence-electron chi connectivity index (χ2n) is 8.73. The number of carbonyl (C=O) groups excluding carboxylic acids is 3. The SMILES string of the molecule is C[C@@H]1CN2c3c(cc4c(-c5cn[nH]c5)noc4c3F)CC3(C(=O)NC(=O)NC3=O)[C@H]2[C@H](C)O1. The highest BCUT2D eigenvalue weighted by Gasteiger charge is 2.63. The summed E-state index contributed by atoms with van der Waals surface area (Å²) in [5.74, 6) is -2.09. The number of aromatic amines is 1. The number of urea groups is 1. The second-order valence-corrected chi connectivity index (χ2v) is 8.73. The summed E-state index contributed by atoms with van der Waals surface area (Å²) in [5.41, 5.74) is -0.0538. The number of hydrogen-bond donors (Lipinski definition) is 3. The first-order chi connectivity index (χ1) is 15.8. The lowest BCUT2D eigenvalue weighted by molar-refractivity contribution is -0.153. The van der Waals surface area contributed by atoms with Crippen LogP contribution in [-0.2, 0) is 20.7 Å². The van der Waals surface area contributed by atoms with Crippen LogP contribution in [0.4, 0.5) is 14.9 Å². The molecule has 0 aliphatic carbocycles. The van der Waals surface area contributed by atoms with E-state index in [2.05, 4.69) is 26.0 Å². The van der Waals surface area contributed by atoms with E-state index in [-0.39, 0.29) is 30.3 Å². The number of barbiturate groups is 1. The molecule has 170 valence electrons. The molecule has 0 bridgehead atoms. The number of carbonyl (C=O) groups is 3. The molecule has 12 heteroatoms. The first-order valence-electron chi connectivity index (χ1n) is 10.5. The van der Waals surface area contributed by atoms with Crippen LogP contribution in [0.2, 0.25) is 0 Å². The lowest BCUT2D eigenvalue weighted by Crippen LogP contribution is -2.75. The minimum absolute atomic E-state index is 0.0285. The van der Waals surface area contributed by atoms with E-state index in [0.29, 0.717) is 22.2 Å². The summed E-state index contributed by atoms with van der Waals surface area (Å²) in [6, 6.07) is -0.0297. The maximum atomic E-state index is 15.9. The fraction of sp³-hybridized carbons (Fsp3) is 0.381. The Balaban J connectivity index is 1.61. The Morgan fingerprint density at radius 3 is 2.67 bits per heavy atom. The van der Waals surface area contributed by atoms with Crippen LogP contribution < -0.4 is 15.5 Å². The van der Waals surface area contributed by atoms with Gasteiger partial charge in [0.15, 0.2) is 11.2 Å². The number of morpholine rings is 1. The number of anilines is 1. The number of aromatic nitrogens is 3. The number of H-pyrrole nitrogens is 1. The van der Waals surface area contributed by atoms with Crippen molar-refractivity contribution in [3.8, 4) is 11.3 Å². The molecule has 0 saturated carbocycles. The van der Waals surface area contributed by atoms with E-state index in [1.54, 1.807) is 24.1 Å². The lowest BCUT2D eigenvalue weighted by atomic mass is 9.66. The predicted octanol–water partition coefficient (Wildman–Crippen LogP) is 1.25. The fourth-order valence-corrected chi connectivity index (χ4v) is 5.54. The molecule has 33 heavy (non-hydrogen) atoms. The molecule has 6 rings (SSSR count). The van der Waals surface area contributed by atoms with Gasteiger partial charge >= 0.3 is 6.03 Å². The van der Waals surface area contributed by atoms with E-state index < -0.39 is 41.2 Å². The maximum Gasteiger partial charge on any atom is 0.328 e. The van der Waals surface area contributed by atoms with E-state index in [9.17, 15) is 14.4 Å². The van der Waals surface area contributed by atoms with Gasteiger partial charge in [0, 0.05) is 24.7 Å². The number of hydrogen-bond acceptors (Lipinski definition) is 8. The van der Waals surface area contributed by atoms with E-state index in [4.69, 9.17) is 9.26 Å². The van der Waals surface area contributed by atoms with Crippen molar-refractivity contribution in [2.45, 2.75) is 38.5 Å². The number of imide groups is 2. The van der Waals surface area contributed by atoms with Crippen LogP contribution in [0.15, 0.2) is 23.0 Å². The van der Waals surface area contributed by atoms with Crippen molar-refractivity contribution in [3.05, 3.63) is 29.8 Å². The Bertz CT molecular complexity index is 1310. The first kappa shape index (κ1) is 19.9. The third-order valence-corrected chi connectivity index (χ3v) is 6.74. The van der Waals surface area contributed by atoms with Gasteiger partial charge in [-0.15, -0.1) is 0 Å². The average molecular weight is 454 g/mol. The molecule has 2 saturated heterocycles. The molecule has 1 spiro atoms. The molecule has 1 aromatic carbocycles. The van der Waals surface area contributed by atoms with E-state index in [0.717, 1.165) is 0 Å². The standard InChI is InChI=1S/C21H19FN6O5/c1-8-7-28-15-10(3-12-14(11-5-23-24-6-11)27-33-16(12)13(15)22)4-21(17(28)9(2)32-8)18(29)25-20(31)26-19(21)30/h3,5-6,8-9,17H,4,7H2,1-2H3,(H,23,24)(H2,25,26,29,30,31)/t8-,9+,17-/m1/s1. The van der Waals surface area contributed by atoms with Gasteiger partial charge in [0.1, 0.15) is 5.69 Å². The quantitative estimate of drug-likeness (QED) is 0.466. The van der Waals surface area contributed by atoms with Gasteiger partial charge in [-0.2, -0.15) is 5.10 Å². The molecule has 0 unspecified atom stereocenters. The normalized spacial score (nSPS) is 26.2. The van der Waals surface area contributed by atoms with Gasteiger partial charge in [0.05, 0.1) is 35.5 Å². The van der Waals surface area contributed by atoms with Crippen LogP contribution in [0.3, 0.4) is 0 Å². The molecule has 4 amide bonds. The number of nitrogens with zero attached hydrogens (tertiary/aromatic N) is 3. The van der Waals surface area contributed by atoms with Crippen molar-refractivity contribution < 1.29 is 28.0 Å². The summed E-state index contributed by atoms with van der Waals surface area (Å²) in [6.45, 7) is 3.81. The molecular weight excluding hydrogens is 435 g/mol. The Morgan fingerprint density at radius 1 is 1.21 bits per heavy atom. The highest BCUT2D eigenvalue weighted by Crippen LogP contribution is 2.49. The third kappa shape index (κ3) is 2.55. The van der Waals surface area contributed by atoms with Crippen LogP contribution in [0.25, 0.3) is 22.2 Å². The monoisotopic (exact) mass is 454 g/mol. The largest absolute Gasteiger partial charge is 0.372 e. The fourth-order valence-electron chi connectivity index (χ4n) is 5.54. The van der Waals surface area contributed by atoms with Crippen molar-refractivity contribution in [2.24, 2.45) is 5.41 Å². The molecule has 2 fully saturated rings. The summed E-state index contributed by atoms with van der Waals surface area (Å²) < 4.78 is 27.3. The molecule has 3 atom stereocenters. The van der Waals surface area contributed by atoms with Crippen LogP contribution in [-0.4, -0.2) is 58.0 Å². The number of ether oxygens (including phenoxy) is 1. The van der Waals surface area contributed by atoms with Gasteiger partial charge < -0.3 is 14.2 Å². The summed E-state index contributed by atoms with van der Waals surface area (Å²) in [6.07, 6.45) is 2.12. The van der Waals surface area contributed by atoms with Gasteiger partial charge in [-0.25, -0.2) is 9.18 Å². The Kier molecular flexibility index (Phi) is 3.97. The van der Waals surface area contributed by atoms with Crippen LogP contribution in [0, 0.1) is 11.2 Å². The average Bonchev–Trinajstić information content (AvgIpc) is 3.41. The summed E-state index contributed by atoms with van der Waals surface area (Å²) in [4.78, 5) is 40.0. The Morgan fingerprint density at radius 2 is 1.97 bits per heavy atom. The molecule has 3 aromatic rings. The van der Waals surface area contributed by atoms with Crippen LogP contribution >= 0.6 is 0 Å². The molecular formula is C21H19FN6O5. The minimum atomic E-state index is -1.69. The maximum absolute atomic E-state index is 15.9. The predicted molar refractivity (Wildman–Crippen MR) is 111 cm³/mol. The number of amides is 4. The molecule has 5 heterocycles.